The normalized spacial score (nSPS) is 11.5. The molecular formula is C9H14N2. The van der Waals surface area contributed by atoms with Crippen LogP contribution in [0.15, 0.2) is 0 Å². The molecule has 0 aromatic carbocycles. The van der Waals surface area contributed by atoms with Crippen LogP contribution in [0.2, 0.25) is 0 Å². The molecule has 2 heteroatoms. The Balaban J connectivity index is 3.39. The molecule has 0 saturated carbocycles. The fourth-order valence-corrected chi connectivity index (χ4v) is 0.835. The maximum absolute atomic E-state index is 8.24. The van der Waals surface area contributed by atoms with E-state index in [0.717, 1.165) is 12.8 Å². The monoisotopic (exact) mass is 150 g/mol. The lowest BCUT2D eigenvalue weighted by Crippen LogP contribution is -2.27. The highest BCUT2D eigenvalue weighted by molar-refractivity contribution is 4.98. The van der Waals surface area contributed by atoms with Crippen LogP contribution in [0.3, 0.4) is 0 Å². The van der Waals surface area contributed by atoms with Gasteiger partial charge in [-0.2, -0.15) is 5.26 Å². The van der Waals surface area contributed by atoms with Gasteiger partial charge in [0, 0.05) is 13.0 Å². The summed E-state index contributed by atoms with van der Waals surface area (Å²) >= 11 is 0. The van der Waals surface area contributed by atoms with Crippen molar-refractivity contribution in [3.8, 4) is 18.4 Å². The van der Waals surface area contributed by atoms with Gasteiger partial charge in [0.05, 0.1) is 12.1 Å². The van der Waals surface area contributed by atoms with Crippen molar-refractivity contribution in [2.24, 2.45) is 0 Å². The predicted molar refractivity (Wildman–Crippen MR) is 45.8 cm³/mol. The van der Waals surface area contributed by atoms with Gasteiger partial charge in [0.2, 0.25) is 0 Å². The number of hydrogen-bond donors (Lipinski definition) is 1. The van der Waals surface area contributed by atoms with Gasteiger partial charge in [0.1, 0.15) is 0 Å². The van der Waals surface area contributed by atoms with Crippen molar-refractivity contribution in [3.63, 3.8) is 0 Å². The van der Waals surface area contributed by atoms with Crippen molar-refractivity contribution in [2.45, 2.75) is 32.2 Å². The molecule has 0 bridgehead atoms. The van der Waals surface area contributed by atoms with Gasteiger partial charge in [-0.3, -0.25) is 0 Å². The van der Waals surface area contributed by atoms with Crippen molar-refractivity contribution in [1.82, 2.24) is 5.32 Å². The highest BCUT2D eigenvalue weighted by Crippen LogP contribution is 1.93. The minimum Gasteiger partial charge on any atom is -0.303 e. The number of terminal acetylenes is 1. The van der Waals surface area contributed by atoms with E-state index in [4.69, 9.17) is 11.7 Å². The second kappa shape index (κ2) is 7.12. The van der Waals surface area contributed by atoms with Gasteiger partial charge < -0.3 is 5.32 Å². The molecule has 0 heterocycles. The maximum Gasteiger partial charge on any atom is 0.0687 e. The Morgan fingerprint density at radius 3 is 2.82 bits per heavy atom. The summed E-state index contributed by atoms with van der Waals surface area (Å²) in [5, 5.41) is 11.4. The van der Waals surface area contributed by atoms with E-state index in [-0.39, 0.29) is 6.04 Å². The lowest BCUT2D eigenvalue weighted by Gasteiger charge is -2.09. The predicted octanol–water partition coefficient (Wildman–Crippen LogP) is 1.29. The summed E-state index contributed by atoms with van der Waals surface area (Å²) < 4.78 is 0. The Morgan fingerprint density at radius 1 is 1.64 bits per heavy atom. The van der Waals surface area contributed by atoms with Crippen molar-refractivity contribution < 1.29 is 0 Å². The number of nitrogens with one attached hydrogen (secondary N) is 1. The Kier molecular flexibility index (Phi) is 6.48. The SMILES string of the molecule is C#CC(CCC)NCCC#N. The standard InChI is InChI=1S/C9H14N2/c1-3-6-9(4-2)11-8-5-7-10/h2,9,11H,3,5-6,8H2,1H3. The average Bonchev–Trinajstić information content (AvgIpc) is 2.03. The van der Waals surface area contributed by atoms with Gasteiger partial charge in [-0.25, -0.2) is 0 Å². The van der Waals surface area contributed by atoms with Crippen LogP contribution in [0.5, 0.6) is 0 Å². The topological polar surface area (TPSA) is 35.8 Å². The fourth-order valence-electron chi connectivity index (χ4n) is 0.835. The number of rotatable bonds is 5. The van der Waals surface area contributed by atoms with Crippen LogP contribution in [0, 0.1) is 23.7 Å². The zero-order chi connectivity index (χ0) is 8.53. The van der Waals surface area contributed by atoms with Crippen LogP contribution in [-0.2, 0) is 0 Å². The quantitative estimate of drug-likeness (QED) is 0.473. The van der Waals surface area contributed by atoms with Crippen LogP contribution in [-0.4, -0.2) is 12.6 Å². The van der Waals surface area contributed by atoms with Gasteiger partial charge in [-0.1, -0.05) is 19.3 Å². The smallest absolute Gasteiger partial charge is 0.0687 e. The Bertz CT molecular complexity index is 161. The van der Waals surface area contributed by atoms with Crippen molar-refractivity contribution in [3.05, 3.63) is 0 Å². The molecule has 0 spiro atoms. The average molecular weight is 150 g/mol. The van der Waals surface area contributed by atoms with Gasteiger partial charge in [0.15, 0.2) is 0 Å². The van der Waals surface area contributed by atoms with Gasteiger partial charge in [-0.05, 0) is 6.42 Å². The van der Waals surface area contributed by atoms with Crippen LogP contribution in [0.1, 0.15) is 26.2 Å². The summed E-state index contributed by atoms with van der Waals surface area (Å²) in [7, 11) is 0. The summed E-state index contributed by atoms with van der Waals surface area (Å²) in [6.07, 6.45) is 7.84. The molecule has 11 heavy (non-hydrogen) atoms. The number of nitrogens with zero attached hydrogens (tertiary/aromatic N) is 1. The molecule has 0 aromatic heterocycles. The molecule has 0 aliphatic heterocycles. The van der Waals surface area contributed by atoms with Crippen LogP contribution in [0.25, 0.3) is 0 Å². The molecule has 0 rings (SSSR count). The molecule has 0 aliphatic carbocycles. The third-order valence-corrected chi connectivity index (χ3v) is 1.41. The van der Waals surface area contributed by atoms with E-state index in [9.17, 15) is 0 Å². The number of hydrogen-bond acceptors (Lipinski definition) is 2. The summed E-state index contributed by atoms with van der Waals surface area (Å²) in [5.74, 6) is 2.64. The first-order valence-corrected chi connectivity index (χ1v) is 3.91. The second-order valence-corrected chi connectivity index (χ2v) is 2.37. The zero-order valence-corrected chi connectivity index (χ0v) is 6.93. The highest BCUT2D eigenvalue weighted by Gasteiger charge is 1.99. The van der Waals surface area contributed by atoms with Gasteiger partial charge in [0.25, 0.3) is 0 Å². The van der Waals surface area contributed by atoms with Gasteiger partial charge >= 0.3 is 0 Å². The molecule has 2 nitrogen and oxygen atoms in total. The Labute approximate surface area is 68.6 Å². The number of nitriles is 1. The van der Waals surface area contributed by atoms with E-state index < -0.39 is 0 Å². The molecule has 0 aromatic rings. The highest BCUT2D eigenvalue weighted by atomic mass is 14.9. The zero-order valence-electron chi connectivity index (χ0n) is 6.93. The minimum atomic E-state index is 0.147. The van der Waals surface area contributed by atoms with E-state index in [1.54, 1.807) is 0 Å². The van der Waals surface area contributed by atoms with Crippen LogP contribution < -0.4 is 5.32 Å². The molecule has 0 amide bonds. The second-order valence-electron chi connectivity index (χ2n) is 2.37. The van der Waals surface area contributed by atoms with Gasteiger partial charge in [-0.15, -0.1) is 6.42 Å². The molecular weight excluding hydrogens is 136 g/mol. The summed E-state index contributed by atoms with van der Waals surface area (Å²) in [4.78, 5) is 0. The van der Waals surface area contributed by atoms with Crippen LogP contribution in [0.4, 0.5) is 0 Å². The first-order valence-electron chi connectivity index (χ1n) is 3.91. The lowest BCUT2D eigenvalue weighted by molar-refractivity contribution is 0.570. The molecule has 60 valence electrons. The van der Waals surface area contributed by atoms with E-state index in [1.807, 2.05) is 0 Å². The largest absolute Gasteiger partial charge is 0.303 e. The Morgan fingerprint density at radius 2 is 2.36 bits per heavy atom. The fraction of sp³-hybridized carbons (Fsp3) is 0.667. The summed E-state index contributed by atoms with van der Waals surface area (Å²) in [6.45, 7) is 2.79. The molecule has 0 saturated heterocycles. The molecule has 0 fully saturated rings. The first kappa shape index (κ1) is 10.0. The summed E-state index contributed by atoms with van der Waals surface area (Å²) in [5.41, 5.74) is 0. The lowest BCUT2D eigenvalue weighted by atomic mass is 10.2. The maximum atomic E-state index is 8.24. The third-order valence-electron chi connectivity index (χ3n) is 1.41. The minimum absolute atomic E-state index is 0.147. The van der Waals surface area contributed by atoms with E-state index in [2.05, 4.69) is 24.2 Å². The van der Waals surface area contributed by atoms with E-state index in [0.29, 0.717) is 13.0 Å². The third kappa shape index (κ3) is 5.45. The van der Waals surface area contributed by atoms with Crippen molar-refractivity contribution in [1.29, 1.82) is 5.26 Å². The van der Waals surface area contributed by atoms with E-state index >= 15 is 0 Å². The van der Waals surface area contributed by atoms with Crippen LogP contribution >= 0.6 is 0 Å². The first-order chi connectivity index (χ1) is 5.35. The molecule has 0 radical (unpaired) electrons. The molecule has 1 unspecified atom stereocenters. The molecule has 1 N–H and O–H groups in total. The van der Waals surface area contributed by atoms with Crippen molar-refractivity contribution in [2.75, 3.05) is 6.54 Å². The van der Waals surface area contributed by atoms with Crippen molar-refractivity contribution >= 4 is 0 Å². The molecule has 0 aliphatic rings. The van der Waals surface area contributed by atoms with E-state index in [1.165, 1.54) is 0 Å². The molecule has 1 atom stereocenters. The summed E-state index contributed by atoms with van der Waals surface area (Å²) in [6, 6.07) is 2.20. The Hall–Kier alpha value is -0.990.